The fourth-order valence-electron chi connectivity index (χ4n) is 2.16. The minimum Gasteiger partial charge on any atom is -0.305 e. The van der Waals surface area contributed by atoms with Gasteiger partial charge in [-0.1, -0.05) is 6.07 Å². The molecule has 4 heteroatoms. The molecule has 0 fully saturated rings. The first-order valence-electron chi connectivity index (χ1n) is 5.49. The van der Waals surface area contributed by atoms with Crippen LogP contribution in [0.25, 0.3) is 0 Å². The van der Waals surface area contributed by atoms with E-state index in [4.69, 9.17) is 9.05 Å². The Morgan fingerprint density at radius 2 is 2.06 bits per heavy atom. The third-order valence-corrected chi connectivity index (χ3v) is 5.31. The molecule has 0 N–H and O–H groups in total. The molecule has 16 heavy (non-hydrogen) atoms. The van der Waals surface area contributed by atoms with Crippen molar-refractivity contribution in [3.8, 4) is 0 Å². The minimum absolute atomic E-state index is 0.402. The second-order valence-corrected chi connectivity index (χ2v) is 6.11. The van der Waals surface area contributed by atoms with Crippen molar-refractivity contribution in [1.29, 1.82) is 0 Å². The van der Waals surface area contributed by atoms with E-state index in [2.05, 4.69) is 6.07 Å². The van der Waals surface area contributed by atoms with Gasteiger partial charge in [-0.3, -0.25) is 4.57 Å². The van der Waals surface area contributed by atoms with Crippen LogP contribution in [0.5, 0.6) is 0 Å². The van der Waals surface area contributed by atoms with Crippen LogP contribution in [-0.2, 0) is 20.2 Å². The summed E-state index contributed by atoms with van der Waals surface area (Å²) in [5, 5.41) is 0.798. The summed E-state index contributed by atoms with van der Waals surface area (Å²) in [4.78, 5) is 0. The van der Waals surface area contributed by atoms with E-state index in [1.807, 2.05) is 27.7 Å². The van der Waals surface area contributed by atoms with Crippen LogP contribution in [0.4, 0.5) is 0 Å². The van der Waals surface area contributed by atoms with Crippen molar-refractivity contribution in [2.24, 2.45) is 0 Å². The van der Waals surface area contributed by atoms with Crippen molar-refractivity contribution in [3.05, 3.63) is 28.3 Å². The van der Waals surface area contributed by atoms with E-state index in [1.54, 1.807) is 0 Å². The molecule has 0 bridgehead atoms. The topological polar surface area (TPSA) is 35.5 Å². The average molecular weight is 240 g/mol. The van der Waals surface area contributed by atoms with Crippen molar-refractivity contribution >= 4 is 12.9 Å². The van der Waals surface area contributed by atoms with Gasteiger partial charge in [0.05, 0.1) is 18.5 Å². The molecule has 0 spiro atoms. The highest BCUT2D eigenvalue weighted by Crippen LogP contribution is 2.54. The smallest absolute Gasteiger partial charge is 0.305 e. The summed E-state index contributed by atoms with van der Waals surface area (Å²) in [6.07, 6.45) is 0. The first kappa shape index (κ1) is 11.8. The molecule has 1 atom stereocenters. The van der Waals surface area contributed by atoms with Gasteiger partial charge in [-0.2, -0.15) is 0 Å². The van der Waals surface area contributed by atoms with Gasteiger partial charge < -0.3 is 9.05 Å². The standard InChI is InChI=1S/C12H17O3P/c1-5-14-16(13)12-10(4)8(2)6-9(3)11(12)7-15-16/h6H,5,7H2,1-4H3. The molecule has 1 aliphatic heterocycles. The van der Waals surface area contributed by atoms with Gasteiger partial charge in [0, 0.05) is 0 Å². The van der Waals surface area contributed by atoms with Gasteiger partial charge in [0.25, 0.3) is 0 Å². The van der Waals surface area contributed by atoms with E-state index in [-0.39, 0.29) is 0 Å². The fourth-order valence-corrected chi connectivity index (χ4v) is 4.29. The predicted molar refractivity (Wildman–Crippen MR) is 64.3 cm³/mol. The van der Waals surface area contributed by atoms with E-state index >= 15 is 0 Å². The molecule has 0 amide bonds. The van der Waals surface area contributed by atoms with Crippen LogP contribution in [0.3, 0.4) is 0 Å². The molecule has 0 radical (unpaired) electrons. The van der Waals surface area contributed by atoms with Crippen molar-refractivity contribution in [2.75, 3.05) is 6.61 Å². The van der Waals surface area contributed by atoms with Gasteiger partial charge in [0.2, 0.25) is 0 Å². The zero-order valence-electron chi connectivity index (χ0n) is 10.2. The van der Waals surface area contributed by atoms with Crippen LogP contribution in [0, 0.1) is 20.8 Å². The molecule has 1 heterocycles. The molecule has 0 saturated heterocycles. The third-order valence-electron chi connectivity index (χ3n) is 3.09. The monoisotopic (exact) mass is 240 g/mol. The molecule has 1 aliphatic rings. The summed E-state index contributed by atoms with van der Waals surface area (Å²) in [7, 11) is -3.05. The summed E-state index contributed by atoms with van der Waals surface area (Å²) in [6.45, 7) is 8.67. The average Bonchev–Trinajstić information content (AvgIpc) is 2.54. The largest absolute Gasteiger partial charge is 0.362 e. The van der Waals surface area contributed by atoms with E-state index in [0.29, 0.717) is 13.2 Å². The first-order chi connectivity index (χ1) is 7.49. The number of benzene rings is 1. The second kappa shape index (κ2) is 3.99. The van der Waals surface area contributed by atoms with E-state index in [0.717, 1.165) is 27.6 Å². The number of aryl methyl sites for hydroxylation is 2. The lowest BCUT2D eigenvalue weighted by atomic mass is 10.0. The van der Waals surface area contributed by atoms with Crippen LogP contribution in [0.2, 0.25) is 0 Å². The quantitative estimate of drug-likeness (QED) is 0.745. The van der Waals surface area contributed by atoms with Crippen LogP contribution in [0.1, 0.15) is 29.2 Å². The molecular weight excluding hydrogens is 223 g/mol. The highest BCUT2D eigenvalue weighted by molar-refractivity contribution is 7.62. The molecule has 0 aromatic heterocycles. The maximum absolute atomic E-state index is 12.5. The molecule has 1 aromatic carbocycles. The maximum Gasteiger partial charge on any atom is 0.362 e. The predicted octanol–water partition coefficient (Wildman–Crippen LogP) is 3.00. The lowest BCUT2D eigenvalue weighted by molar-refractivity contribution is 0.225. The molecule has 88 valence electrons. The molecular formula is C12H17O3P. The molecule has 0 saturated carbocycles. The molecule has 0 aliphatic carbocycles. The molecule has 1 aromatic rings. The zero-order valence-corrected chi connectivity index (χ0v) is 11.1. The van der Waals surface area contributed by atoms with E-state index in [1.165, 1.54) is 0 Å². The Morgan fingerprint density at radius 1 is 1.38 bits per heavy atom. The second-order valence-electron chi connectivity index (χ2n) is 4.15. The number of rotatable bonds is 2. The van der Waals surface area contributed by atoms with Crippen LogP contribution >= 0.6 is 7.60 Å². The number of hydrogen-bond acceptors (Lipinski definition) is 3. The van der Waals surface area contributed by atoms with Crippen molar-refractivity contribution in [2.45, 2.75) is 34.3 Å². The number of hydrogen-bond donors (Lipinski definition) is 0. The van der Waals surface area contributed by atoms with Crippen molar-refractivity contribution < 1.29 is 13.6 Å². The highest BCUT2D eigenvalue weighted by Gasteiger charge is 2.38. The van der Waals surface area contributed by atoms with Crippen LogP contribution < -0.4 is 5.30 Å². The van der Waals surface area contributed by atoms with Gasteiger partial charge in [-0.25, -0.2) is 0 Å². The lowest BCUT2D eigenvalue weighted by Crippen LogP contribution is -2.13. The Morgan fingerprint density at radius 3 is 2.69 bits per heavy atom. The Bertz CT molecular complexity index is 480. The normalized spacial score (nSPS) is 23.5. The first-order valence-corrected chi connectivity index (χ1v) is 7.03. The number of fused-ring (bicyclic) bond motifs is 1. The fraction of sp³-hybridized carbons (Fsp3) is 0.500. The van der Waals surface area contributed by atoms with E-state index in [9.17, 15) is 4.57 Å². The Balaban J connectivity index is 2.66. The third kappa shape index (κ3) is 1.64. The van der Waals surface area contributed by atoms with Crippen molar-refractivity contribution in [1.82, 2.24) is 0 Å². The summed E-state index contributed by atoms with van der Waals surface area (Å²) in [5.41, 5.74) is 4.35. The molecule has 3 nitrogen and oxygen atoms in total. The summed E-state index contributed by atoms with van der Waals surface area (Å²) >= 11 is 0. The van der Waals surface area contributed by atoms with Gasteiger partial charge in [0.1, 0.15) is 0 Å². The van der Waals surface area contributed by atoms with Gasteiger partial charge >= 0.3 is 7.60 Å². The van der Waals surface area contributed by atoms with Crippen LogP contribution in [-0.4, -0.2) is 6.61 Å². The Hall–Kier alpha value is -0.630. The SMILES string of the molecule is CCOP1(=O)OCc2c(C)cc(C)c(C)c21. The summed E-state index contributed by atoms with van der Waals surface area (Å²) < 4.78 is 23.3. The minimum atomic E-state index is -3.05. The Kier molecular flexibility index (Phi) is 2.95. The van der Waals surface area contributed by atoms with Gasteiger partial charge in [-0.15, -0.1) is 0 Å². The lowest BCUT2D eigenvalue weighted by Gasteiger charge is -2.15. The summed E-state index contributed by atoms with van der Waals surface area (Å²) in [5.74, 6) is 0. The Labute approximate surface area is 96.3 Å². The maximum atomic E-state index is 12.5. The zero-order chi connectivity index (χ0) is 11.9. The van der Waals surface area contributed by atoms with Gasteiger partial charge in [0.15, 0.2) is 0 Å². The van der Waals surface area contributed by atoms with Gasteiger partial charge in [-0.05, 0) is 49.9 Å². The summed E-state index contributed by atoms with van der Waals surface area (Å²) in [6, 6.07) is 2.11. The van der Waals surface area contributed by atoms with Crippen molar-refractivity contribution in [3.63, 3.8) is 0 Å². The highest BCUT2D eigenvalue weighted by atomic mass is 31.2. The van der Waals surface area contributed by atoms with E-state index < -0.39 is 7.60 Å². The molecule has 1 unspecified atom stereocenters. The van der Waals surface area contributed by atoms with Crippen LogP contribution in [0.15, 0.2) is 6.07 Å². The molecule has 2 rings (SSSR count).